The Balaban J connectivity index is 0.00000256. The molecule has 0 atom stereocenters. The van der Waals surface area contributed by atoms with Gasteiger partial charge in [-0.1, -0.05) is 17.7 Å². The number of hydrogen-bond donors (Lipinski definition) is 2. The summed E-state index contributed by atoms with van der Waals surface area (Å²) in [4.78, 5) is 11.4. The van der Waals surface area contributed by atoms with Gasteiger partial charge in [-0.2, -0.15) is 0 Å². The third-order valence-corrected chi connectivity index (χ3v) is 2.45. The van der Waals surface area contributed by atoms with Gasteiger partial charge < -0.3 is 10.6 Å². The minimum Gasteiger partial charge on any atom is -0.355 e. The van der Waals surface area contributed by atoms with Crippen molar-refractivity contribution in [2.75, 3.05) is 20.1 Å². The third-order valence-electron chi connectivity index (χ3n) is 2.10. The Labute approximate surface area is 111 Å². The third kappa shape index (κ3) is 5.35. The van der Waals surface area contributed by atoms with Gasteiger partial charge in [0.05, 0.1) is 6.42 Å². The van der Waals surface area contributed by atoms with Gasteiger partial charge in [-0.3, -0.25) is 4.79 Å². The Morgan fingerprint density at radius 2 is 2.12 bits per heavy atom. The predicted octanol–water partition coefficient (Wildman–Crippen LogP) is 1.78. The monoisotopic (exact) mass is 280 g/mol. The molecule has 96 valence electrons. The summed E-state index contributed by atoms with van der Waals surface area (Å²) in [5, 5.41) is 5.84. The van der Waals surface area contributed by atoms with Crippen molar-refractivity contribution in [2.24, 2.45) is 0 Å². The van der Waals surface area contributed by atoms with E-state index in [-0.39, 0.29) is 35.3 Å². The Hall–Kier alpha value is -0.840. The van der Waals surface area contributed by atoms with Crippen LogP contribution in [0.5, 0.6) is 0 Å². The van der Waals surface area contributed by atoms with Crippen molar-refractivity contribution in [2.45, 2.75) is 6.42 Å². The number of hydrogen-bond acceptors (Lipinski definition) is 2. The van der Waals surface area contributed by atoms with Crippen LogP contribution in [0, 0.1) is 5.82 Å². The SMILES string of the molecule is CNCCNC(=O)Cc1c(F)cccc1Cl.Cl. The first-order chi connectivity index (χ1) is 7.65. The van der Waals surface area contributed by atoms with E-state index in [0.717, 1.165) is 0 Å². The first-order valence-electron chi connectivity index (χ1n) is 4.99. The van der Waals surface area contributed by atoms with Crippen LogP contribution in [0.4, 0.5) is 4.39 Å². The Kier molecular flexibility index (Phi) is 7.87. The largest absolute Gasteiger partial charge is 0.355 e. The molecule has 0 aliphatic heterocycles. The van der Waals surface area contributed by atoms with E-state index in [4.69, 9.17) is 11.6 Å². The number of amides is 1. The summed E-state index contributed by atoms with van der Waals surface area (Å²) in [5.74, 6) is -0.682. The Morgan fingerprint density at radius 3 is 2.71 bits per heavy atom. The molecular formula is C11H15Cl2FN2O. The van der Waals surface area contributed by atoms with E-state index >= 15 is 0 Å². The maximum atomic E-state index is 13.3. The van der Waals surface area contributed by atoms with Crippen LogP contribution < -0.4 is 10.6 Å². The molecule has 0 aliphatic rings. The highest BCUT2D eigenvalue weighted by Gasteiger charge is 2.10. The summed E-state index contributed by atoms with van der Waals surface area (Å²) in [6, 6.07) is 4.38. The molecule has 0 radical (unpaired) electrons. The van der Waals surface area contributed by atoms with Gasteiger partial charge in [0.25, 0.3) is 0 Å². The standard InChI is InChI=1S/C11H14ClFN2O.ClH/c1-14-5-6-15-11(16)7-8-9(12)3-2-4-10(8)13;/h2-4,14H,5-7H2,1H3,(H,15,16);1H. The number of carbonyl (C=O) groups excluding carboxylic acids is 1. The van der Waals surface area contributed by atoms with Crippen LogP contribution in [0.3, 0.4) is 0 Å². The zero-order chi connectivity index (χ0) is 12.0. The summed E-state index contributed by atoms with van der Waals surface area (Å²) >= 11 is 5.80. The minimum atomic E-state index is -0.448. The second kappa shape index (κ2) is 8.28. The normalized spacial score (nSPS) is 9.59. The number of benzene rings is 1. The Bertz CT molecular complexity index is 354. The number of rotatable bonds is 5. The molecular weight excluding hydrogens is 266 g/mol. The van der Waals surface area contributed by atoms with Crippen LogP contribution in [0.2, 0.25) is 5.02 Å². The van der Waals surface area contributed by atoms with Gasteiger partial charge in [0, 0.05) is 23.7 Å². The average Bonchev–Trinajstić information content (AvgIpc) is 2.24. The fraction of sp³-hybridized carbons (Fsp3) is 0.364. The molecule has 1 aromatic rings. The molecule has 3 nitrogen and oxygen atoms in total. The minimum absolute atomic E-state index is 0. The molecule has 0 aliphatic carbocycles. The second-order valence-corrected chi connectivity index (χ2v) is 3.74. The summed E-state index contributed by atoms with van der Waals surface area (Å²) in [7, 11) is 1.79. The quantitative estimate of drug-likeness (QED) is 0.808. The van der Waals surface area contributed by atoms with Crippen LogP contribution in [-0.4, -0.2) is 26.0 Å². The lowest BCUT2D eigenvalue weighted by Gasteiger charge is -2.07. The van der Waals surface area contributed by atoms with E-state index in [1.807, 2.05) is 0 Å². The van der Waals surface area contributed by atoms with Crippen molar-refractivity contribution in [1.82, 2.24) is 10.6 Å². The smallest absolute Gasteiger partial charge is 0.224 e. The van der Waals surface area contributed by atoms with Crippen molar-refractivity contribution in [1.29, 1.82) is 0 Å². The van der Waals surface area contributed by atoms with Gasteiger partial charge in [0.15, 0.2) is 0 Å². The van der Waals surface area contributed by atoms with Crippen LogP contribution in [-0.2, 0) is 11.2 Å². The van der Waals surface area contributed by atoms with Crippen molar-refractivity contribution >= 4 is 29.9 Å². The molecule has 6 heteroatoms. The van der Waals surface area contributed by atoms with Crippen molar-refractivity contribution < 1.29 is 9.18 Å². The maximum absolute atomic E-state index is 13.3. The van der Waals surface area contributed by atoms with E-state index in [0.29, 0.717) is 13.1 Å². The molecule has 2 N–H and O–H groups in total. The lowest BCUT2D eigenvalue weighted by Crippen LogP contribution is -2.31. The molecule has 0 spiro atoms. The molecule has 1 amide bonds. The van der Waals surface area contributed by atoms with Crippen LogP contribution in [0.1, 0.15) is 5.56 Å². The van der Waals surface area contributed by atoms with Gasteiger partial charge in [-0.25, -0.2) is 4.39 Å². The molecule has 0 aromatic heterocycles. The lowest BCUT2D eigenvalue weighted by molar-refractivity contribution is -0.120. The molecule has 0 saturated carbocycles. The van der Waals surface area contributed by atoms with Crippen molar-refractivity contribution in [3.63, 3.8) is 0 Å². The molecule has 0 fully saturated rings. The molecule has 1 aromatic carbocycles. The molecule has 0 heterocycles. The average molecular weight is 281 g/mol. The zero-order valence-electron chi connectivity index (χ0n) is 9.43. The first kappa shape index (κ1) is 16.2. The van der Waals surface area contributed by atoms with Crippen LogP contribution in [0.15, 0.2) is 18.2 Å². The second-order valence-electron chi connectivity index (χ2n) is 3.33. The summed E-state index contributed by atoms with van der Waals surface area (Å²) in [5.41, 5.74) is 0.242. The Morgan fingerprint density at radius 1 is 1.41 bits per heavy atom. The fourth-order valence-electron chi connectivity index (χ4n) is 1.25. The maximum Gasteiger partial charge on any atom is 0.224 e. The summed E-state index contributed by atoms with van der Waals surface area (Å²) in [6.07, 6.45) is -0.0325. The molecule has 0 bridgehead atoms. The van der Waals surface area contributed by atoms with E-state index in [2.05, 4.69) is 10.6 Å². The molecule has 1 rings (SSSR count). The van der Waals surface area contributed by atoms with Crippen molar-refractivity contribution in [3.05, 3.63) is 34.6 Å². The first-order valence-corrected chi connectivity index (χ1v) is 5.37. The molecule has 17 heavy (non-hydrogen) atoms. The van der Waals surface area contributed by atoms with Gasteiger partial charge >= 0.3 is 0 Å². The van der Waals surface area contributed by atoms with E-state index in [9.17, 15) is 9.18 Å². The summed E-state index contributed by atoms with van der Waals surface area (Å²) in [6.45, 7) is 1.19. The zero-order valence-corrected chi connectivity index (χ0v) is 11.0. The molecule has 0 saturated heterocycles. The summed E-state index contributed by atoms with van der Waals surface area (Å²) < 4.78 is 13.3. The fourth-order valence-corrected chi connectivity index (χ4v) is 1.48. The number of carbonyl (C=O) groups is 1. The van der Waals surface area contributed by atoms with Crippen LogP contribution in [0.25, 0.3) is 0 Å². The van der Waals surface area contributed by atoms with Gasteiger partial charge in [0.2, 0.25) is 5.91 Å². The highest BCUT2D eigenvalue weighted by Crippen LogP contribution is 2.19. The number of nitrogens with one attached hydrogen (secondary N) is 2. The number of halogens is 3. The van der Waals surface area contributed by atoms with Crippen molar-refractivity contribution in [3.8, 4) is 0 Å². The number of likely N-dealkylation sites (N-methyl/N-ethyl adjacent to an activating group) is 1. The van der Waals surface area contributed by atoms with E-state index in [1.165, 1.54) is 12.1 Å². The van der Waals surface area contributed by atoms with E-state index < -0.39 is 5.82 Å². The van der Waals surface area contributed by atoms with Gasteiger partial charge in [-0.05, 0) is 19.2 Å². The van der Waals surface area contributed by atoms with Gasteiger partial charge in [-0.15, -0.1) is 12.4 Å². The topological polar surface area (TPSA) is 41.1 Å². The van der Waals surface area contributed by atoms with E-state index in [1.54, 1.807) is 13.1 Å². The molecule has 0 unspecified atom stereocenters. The van der Waals surface area contributed by atoms with Crippen LogP contribution >= 0.6 is 24.0 Å². The predicted molar refractivity (Wildman–Crippen MR) is 69.3 cm³/mol. The highest BCUT2D eigenvalue weighted by molar-refractivity contribution is 6.31. The highest BCUT2D eigenvalue weighted by atomic mass is 35.5. The lowest BCUT2D eigenvalue weighted by atomic mass is 10.1. The van der Waals surface area contributed by atoms with Gasteiger partial charge in [0.1, 0.15) is 5.82 Å².